The minimum atomic E-state index is 0.119. The number of aryl methyl sites for hydroxylation is 3. The summed E-state index contributed by atoms with van der Waals surface area (Å²) in [5.41, 5.74) is 2.39. The summed E-state index contributed by atoms with van der Waals surface area (Å²) in [6.07, 6.45) is 8.07. The molecule has 1 atom stereocenters. The number of hydrogen-bond donors (Lipinski definition) is 1. The second-order valence-electron chi connectivity index (χ2n) is 5.02. The van der Waals surface area contributed by atoms with E-state index in [4.69, 9.17) is 0 Å². The number of hydrogen-bond acceptors (Lipinski definition) is 3. The molecule has 20 heavy (non-hydrogen) atoms. The summed E-state index contributed by atoms with van der Waals surface area (Å²) < 4.78 is 4.09. The van der Waals surface area contributed by atoms with E-state index in [1.807, 2.05) is 24.1 Å². The van der Waals surface area contributed by atoms with Gasteiger partial charge in [-0.05, 0) is 26.3 Å². The van der Waals surface area contributed by atoms with Crippen molar-refractivity contribution < 1.29 is 0 Å². The summed E-state index contributed by atoms with van der Waals surface area (Å²) in [5, 5.41) is 8.18. The van der Waals surface area contributed by atoms with Crippen molar-refractivity contribution in [2.45, 2.75) is 46.2 Å². The molecule has 2 heterocycles. The Hall–Kier alpha value is -1.62. The van der Waals surface area contributed by atoms with Crippen molar-refractivity contribution in [2.24, 2.45) is 7.05 Å². The van der Waals surface area contributed by atoms with Gasteiger partial charge >= 0.3 is 0 Å². The Kier molecular flexibility index (Phi) is 4.95. The Morgan fingerprint density at radius 2 is 2.10 bits per heavy atom. The first kappa shape index (κ1) is 14.8. The normalized spacial score (nSPS) is 12.8. The second kappa shape index (κ2) is 6.70. The molecule has 0 aromatic carbocycles. The number of rotatable bonds is 7. The highest BCUT2D eigenvalue weighted by molar-refractivity contribution is 5.27. The first-order valence-corrected chi connectivity index (χ1v) is 7.48. The highest BCUT2D eigenvalue weighted by Gasteiger charge is 2.22. The van der Waals surface area contributed by atoms with Crippen molar-refractivity contribution in [2.75, 3.05) is 6.54 Å². The van der Waals surface area contributed by atoms with Crippen LogP contribution in [0.15, 0.2) is 18.6 Å². The van der Waals surface area contributed by atoms with Crippen molar-refractivity contribution in [3.63, 3.8) is 0 Å². The molecule has 0 spiro atoms. The van der Waals surface area contributed by atoms with Gasteiger partial charge < -0.3 is 9.88 Å². The summed E-state index contributed by atoms with van der Waals surface area (Å²) in [7, 11) is 1.98. The molecule has 2 aromatic heterocycles. The maximum absolute atomic E-state index is 4.56. The molecular weight excluding hydrogens is 250 g/mol. The van der Waals surface area contributed by atoms with Crippen LogP contribution in [0.2, 0.25) is 0 Å². The summed E-state index contributed by atoms with van der Waals surface area (Å²) >= 11 is 0. The fourth-order valence-electron chi connectivity index (χ4n) is 2.55. The Labute approximate surface area is 121 Å². The largest absolute Gasteiger partial charge is 0.334 e. The summed E-state index contributed by atoms with van der Waals surface area (Å²) in [6, 6.07) is 0.119. The molecule has 0 amide bonds. The molecule has 2 rings (SSSR count). The zero-order valence-electron chi connectivity index (χ0n) is 12.9. The van der Waals surface area contributed by atoms with E-state index in [0.717, 1.165) is 37.4 Å². The van der Waals surface area contributed by atoms with E-state index in [1.165, 1.54) is 5.56 Å². The predicted molar refractivity (Wildman–Crippen MR) is 80.6 cm³/mol. The fraction of sp³-hybridized carbons (Fsp3) is 0.600. The third kappa shape index (κ3) is 2.93. The second-order valence-corrected chi connectivity index (χ2v) is 5.02. The Bertz CT molecular complexity index is 540. The van der Waals surface area contributed by atoms with Crippen LogP contribution in [0.25, 0.3) is 0 Å². The van der Waals surface area contributed by atoms with Gasteiger partial charge in [-0.25, -0.2) is 4.98 Å². The van der Waals surface area contributed by atoms with E-state index in [0.29, 0.717) is 0 Å². The average molecular weight is 275 g/mol. The molecule has 0 aliphatic heterocycles. The Morgan fingerprint density at radius 3 is 2.75 bits per heavy atom. The van der Waals surface area contributed by atoms with Gasteiger partial charge in [-0.15, -0.1) is 0 Å². The monoisotopic (exact) mass is 275 g/mol. The molecule has 0 bridgehead atoms. The molecule has 5 nitrogen and oxygen atoms in total. The van der Waals surface area contributed by atoms with E-state index in [-0.39, 0.29) is 6.04 Å². The maximum atomic E-state index is 4.56. The summed E-state index contributed by atoms with van der Waals surface area (Å²) in [5.74, 6) is 1.07. The van der Waals surface area contributed by atoms with Crippen LogP contribution >= 0.6 is 0 Å². The third-order valence-electron chi connectivity index (χ3n) is 3.53. The molecular formula is C15H25N5. The first-order chi connectivity index (χ1) is 9.71. The van der Waals surface area contributed by atoms with Crippen LogP contribution in [0.5, 0.6) is 0 Å². The SMILES string of the molecule is CCCNC(c1cn(C)nc1CC)c1nccn1CC. The molecule has 2 aromatic rings. The molecule has 110 valence electrons. The van der Waals surface area contributed by atoms with Crippen molar-refractivity contribution in [1.82, 2.24) is 24.6 Å². The highest BCUT2D eigenvalue weighted by Crippen LogP contribution is 2.24. The van der Waals surface area contributed by atoms with E-state index < -0.39 is 0 Å². The van der Waals surface area contributed by atoms with Gasteiger partial charge in [0.25, 0.3) is 0 Å². The van der Waals surface area contributed by atoms with Crippen LogP contribution in [-0.2, 0) is 20.0 Å². The third-order valence-corrected chi connectivity index (χ3v) is 3.53. The van der Waals surface area contributed by atoms with Gasteiger partial charge in [0, 0.05) is 37.7 Å². The number of imidazole rings is 1. The molecule has 0 saturated heterocycles. The molecule has 0 saturated carbocycles. The minimum absolute atomic E-state index is 0.119. The summed E-state index contributed by atoms with van der Waals surface area (Å²) in [6.45, 7) is 8.38. The van der Waals surface area contributed by atoms with Crippen LogP contribution < -0.4 is 5.32 Å². The first-order valence-electron chi connectivity index (χ1n) is 7.48. The number of nitrogens with zero attached hydrogens (tertiary/aromatic N) is 4. The summed E-state index contributed by atoms with van der Waals surface area (Å²) in [4.78, 5) is 4.56. The van der Waals surface area contributed by atoms with Gasteiger partial charge in [0.05, 0.1) is 11.7 Å². The average Bonchev–Trinajstić information content (AvgIpc) is 3.06. The van der Waals surface area contributed by atoms with Crippen molar-refractivity contribution in [3.05, 3.63) is 35.7 Å². The Balaban J connectivity index is 2.41. The lowest BCUT2D eigenvalue weighted by Gasteiger charge is -2.19. The molecule has 0 aliphatic rings. The molecule has 0 fully saturated rings. The van der Waals surface area contributed by atoms with E-state index in [2.05, 4.69) is 46.9 Å². The number of aromatic nitrogens is 4. The predicted octanol–water partition coefficient (Wildman–Crippen LogP) is 2.29. The van der Waals surface area contributed by atoms with Gasteiger partial charge in [-0.2, -0.15) is 5.10 Å². The molecule has 0 radical (unpaired) electrons. The molecule has 5 heteroatoms. The Morgan fingerprint density at radius 1 is 1.30 bits per heavy atom. The van der Waals surface area contributed by atoms with Gasteiger partial charge in [0.1, 0.15) is 5.82 Å². The quantitative estimate of drug-likeness (QED) is 0.843. The number of nitrogens with one attached hydrogen (secondary N) is 1. The van der Waals surface area contributed by atoms with Gasteiger partial charge in [0.2, 0.25) is 0 Å². The van der Waals surface area contributed by atoms with E-state index in [1.54, 1.807) is 0 Å². The topological polar surface area (TPSA) is 47.7 Å². The smallest absolute Gasteiger partial charge is 0.130 e. The zero-order valence-corrected chi connectivity index (χ0v) is 12.9. The van der Waals surface area contributed by atoms with Crippen LogP contribution in [0.4, 0.5) is 0 Å². The lowest BCUT2D eigenvalue weighted by atomic mass is 10.1. The van der Waals surface area contributed by atoms with Gasteiger partial charge in [0.15, 0.2) is 0 Å². The van der Waals surface area contributed by atoms with Crippen molar-refractivity contribution in [3.8, 4) is 0 Å². The van der Waals surface area contributed by atoms with Crippen LogP contribution in [0, 0.1) is 0 Å². The van der Waals surface area contributed by atoms with Crippen molar-refractivity contribution >= 4 is 0 Å². The van der Waals surface area contributed by atoms with E-state index in [9.17, 15) is 0 Å². The standard InChI is InChI=1S/C15H25N5/c1-5-8-16-14(15-17-9-10-20(15)7-3)12-11-19(4)18-13(12)6-2/h9-11,14,16H,5-8H2,1-4H3. The zero-order chi connectivity index (χ0) is 14.5. The highest BCUT2D eigenvalue weighted by atomic mass is 15.3. The van der Waals surface area contributed by atoms with E-state index >= 15 is 0 Å². The van der Waals surface area contributed by atoms with Crippen LogP contribution in [0.1, 0.15) is 50.3 Å². The fourth-order valence-corrected chi connectivity index (χ4v) is 2.55. The van der Waals surface area contributed by atoms with Crippen LogP contribution in [-0.4, -0.2) is 25.9 Å². The molecule has 0 aliphatic carbocycles. The molecule has 1 unspecified atom stereocenters. The molecule has 1 N–H and O–H groups in total. The van der Waals surface area contributed by atoms with Gasteiger partial charge in [-0.1, -0.05) is 13.8 Å². The maximum Gasteiger partial charge on any atom is 0.130 e. The lowest BCUT2D eigenvalue weighted by Crippen LogP contribution is -2.26. The van der Waals surface area contributed by atoms with Crippen LogP contribution in [0.3, 0.4) is 0 Å². The van der Waals surface area contributed by atoms with Crippen molar-refractivity contribution in [1.29, 1.82) is 0 Å². The lowest BCUT2D eigenvalue weighted by molar-refractivity contribution is 0.538. The van der Waals surface area contributed by atoms with Gasteiger partial charge in [-0.3, -0.25) is 4.68 Å². The minimum Gasteiger partial charge on any atom is -0.334 e.